The van der Waals surface area contributed by atoms with E-state index in [1.807, 2.05) is 13.8 Å². The number of halogens is 4. The van der Waals surface area contributed by atoms with Crippen LogP contribution in [0, 0.1) is 27.0 Å². The molecule has 0 saturated carbocycles. The van der Waals surface area contributed by atoms with E-state index in [0.717, 1.165) is 11.1 Å². The van der Waals surface area contributed by atoms with Gasteiger partial charge in [-0.1, -0.05) is 59.6 Å². The van der Waals surface area contributed by atoms with Crippen LogP contribution in [0.1, 0.15) is 11.1 Å². The molecule has 0 saturated heterocycles. The fraction of sp³-hybridized carbons (Fsp3) is 0.125. The molecule has 0 aliphatic carbocycles. The molecule has 0 aromatic heterocycles. The van der Waals surface area contributed by atoms with Crippen molar-refractivity contribution in [1.82, 2.24) is 0 Å². The Morgan fingerprint density at radius 3 is 1.27 bits per heavy atom. The van der Waals surface area contributed by atoms with Gasteiger partial charge in [-0.15, -0.1) is 24.8 Å². The summed E-state index contributed by atoms with van der Waals surface area (Å²) >= 11 is 11.3. The predicted molar refractivity (Wildman–Crippen MR) is 99.4 cm³/mol. The molecule has 2 rings (SSSR count). The number of nitrogens with zero attached hydrogens (tertiary/aromatic N) is 2. The highest BCUT2D eigenvalue weighted by Crippen LogP contribution is 2.22. The molecule has 2 aromatic carbocycles. The zero-order valence-corrected chi connectivity index (χ0v) is 15.1. The van der Waals surface area contributed by atoms with Crippen molar-refractivity contribution in [1.29, 1.82) is 0 Å². The van der Waals surface area contributed by atoms with Gasteiger partial charge in [0.1, 0.15) is 0 Å². The molecule has 116 valence electrons. The first-order valence-electron chi connectivity index (χ1n) is 5.75. The summed E-state index contributed by atoms with van der Waals surface area (Å²) in [4.78, 5) is 6.61. The van der Waals surface area contributed by atoms with Crippen molar-refractivity contribution in [2.24, 2.45) is 0 Å². The molecular weight excluding hydrogens is 362 g/mol. The smallest absolute Gasteiger partial charge is 0.190 e. The Morgan fingerprint density at radius 1 is 0.727 bits per heavy atom. The summed E-state index contributed by atoms with van der Waals surface area (Å²) in [5.74, 6) is 0. The lowest BCUT2D eigenvalue weighted by molar-refractivity contribution is 1.49. The number of aryl methyl sites for hydroxylation is 2. The van der Waals surface area contributed by atoms with Crippen molar-refractivity contribution in [3.8, 4) is 0 Å². The van der Waals surface area contributed by atoms with Crippen molar-refractivity contribution >= 4 is 59.4 Å². The highest BCUT2D eigenvalue weighted by molar-refractivity contribution is 6.31. The summed E-state index contributed by atoms with van der Waals surface area (Å²) in [6.07, 6.45) is 0. The molecule has 0 radical (unpaired) electrons. The zero-order chi connectivity index (χ0) is 15.1. The minimum Gasteiger partial charge on any atom is -0.238 e. The Labute approximate surface area is 153 Å². The van der Waals surface area contributed by atoms with Crippen LogP contribution in [-0.2, 0) is 0 Å². The van der Waals surface area contributed by atoms with Gasteiger partial charge < -0.3 is 0 Å². The lowest BCUT2D eigenvalue weighted by Gasteiger charge is -1.94. The van der Waals surface area contributed by atoms with Crippen LogP contribution in [0.15, 0.2) is 36.4 Å². The molecule has 0 aliphatic rings. The first-order valence-corrected chi connectivity index (χ1v) is 6.50. The summed E-state index contributed by atoms with van der Waals surface area (Å²) in [6, 6.07) is 10.5. The minimum absolute atomic E-state index is 0. The molecule has 2 nitrogen and oxygen atoms in total. The number of hydrogen-bond acceptors (Lipinski definition) is 0. The van der Waals surface area contributed by atoms with Crippen LogP contribution < -0.4 is 0 Å². The van der Waals surface area contributed by atoms with Gasteiger partial charge in [0.25, 0.3) is 0 Å². The maximum Gasteiger partial charge on any atom is 0.190 e. The monoisotopic (exact) mass is 374 g/mol. The second-order valence-electron chi connectivity index (χ2n) is 4.09. The molecule has 0 heterocycles. The molecule has 0 amide bonds. The average molecular weight is 376 g/mol. The Hall–Kier alpha value is -1.42. The van der Waals surface area contributed by atoms with Gasteiger partial charge in [-0.3, -0.25) is 0 Å². The second kappa shape index (κ2) is 11.2. The second-order valence-corrected chi connectivity index (χ2v) is 4.96. The van der Waals surface area contributed by atoms with Crippen LogP contribution >= 0.6 is 48.0 Å². The summed E-state index contributed by atoms with van der Waals surface area (Å²) in [7, 11) is 0. The third-order valence-corrected chi connectivity index (χ3v) is 3.03. The van der Waals surface area contributed by atoms with Gasteiger partial charge in [0.2, 0.25) is 0 Å². The van der Waals surface area contributed by atoms with Gasteiger partial charge in [0.05, 0.1) is 13.1 Å². The molecule has 0 N–H and O–H groups in total. The summed E-state index contributed by atoms with van der Waals surface area (Å²) in [5, 5.41) is 1.37. The third-order valence-electron chi connectivity index (χ3n) is 2.56. The summed E-state index contributed by atoms with van der Waals surface area (Å²) in [6.45, 7) is 17.2. The van der Waals surface area contributed by atoms with E-state index in [2.05, 4.69) is 9.69 Å². The molecule has 6 heteroatoms. The van der Waals surface area contributed by atoms with Gasteiger partial charge >= 0.3 is 0 Å². The van der Waals surface area contributed by atoms with E-state index in [0.29, 0.717) is 21.4 Å². The average Bonchev–Trinajstić information content (AvgIpc) is 2.40. The fourth-order valence-electron chi connectivity index (χ4n) is 1.49. The lowest BCUT2D eigenvalue weighted by Crippen LogP contribution is -1.70. The van der Waals surface area contributed by atoms with E-state index in [-0.39, 0.29) is 24.8 Å². The molecule has 0 spiro atoms. The van der Waals surface area contributed by atoms with Crippen molar-refractivity contribution in [3.05, 3.63) is 80.4 Å². The Kier molecular flexibility index (Phi) is 11.6. The third kappa shape index (κ3) is 7.03. The summed E-state index contributed by atoms with van der Waals surface area (Å²) < 4.78 is 0. The first kappa shape index (κ1) is 22.9. The normalized spacial score (nSPS) is 8.09. The van der Waals surface area contributed by atoms with E-state index in [4.69, 9.17) is 36.3 Å². The lowest BCUT2D eigenvalue weighted by atomic mass is 10.2. The minimum atomic E-state index is 0. The molecule has 22 heavy (non-hydrogen) atoms. The Balaban J connectivity index is 0. The van der Waals surface area contributed by atoms with E-state index in [9.17, 15) is 0 Å². The molecule has 2 aromatic rings. The molecular formula is C16H14Cl4N2. The number of hydrogen-bond donors (Lipinski definition) is 0. The summed E-state index contributed by atoms with van der Waals surface area (Å²) in [5.41, 5.74) is 3.21. The van der Waals surface area contributed by atoms with E-state index >= 15 is 0 Å². The van der Waals surface area contributed by atoms with Gasteiger partial charge in [0, 0.05) is 10.0 Å². The largest absolute Gasteiger partial charge is 0.238 e. The highest BCUT2D eigenvalue weighted by Gasteiger charge is 1.96. The van der Waals surface area contributed by atoms with Crippen molar-refractivity contribution in [2.45, 2.75) is 13.8 Å². The predicted octanol–water partition coefficient (Wildman–Crippen LogP) is 7.24. The van der Waals surface area contributed by atoms with E-state index in [1.165, 1.54) is 0 Å². The number of benzene rings is 2. The zero-order valence-electron chi connectivity index (χ0n) is 11.9. The maximum atomic E-state index is 6.74. The van der Waals surface area contributed by atoms with Crippen LogP contribution in [0.2, 0.25) is 10.0 Å². The molecule has 0 unspecified atom stereocenters. The fourth-order valence-corrected chi connectivity index (χ4v) is 1.94. The van der Waals surface area contributed by atoms with E-state index in [1.54, 1.807) is 36.4 Å². The van der Waals surface area contributed by atoms with Gasteiger partial charge in [-0.05, 0) is 25.0 Å². The van der Waals surface area contributed by atoms with Crippen molar-refractivity contribution in [3.63, 3.8) is 0 Å². The maximum absolute atomic E-state index is 6.74. The molecule has 0 atom stereocenters. The van der Waals surface area contributed by atoms with Gasteiger partial charge in [-0.2, -0.15) is 0 Å². The Bertz CT molecular complexity index is 639. The SMILES string of the molecule is Cl.Cl.[C-]#[N+]c1ccc(Cl)cc1C.[C-]#[N+]c1ccc(Cl)cc1C. The topological polar surface area (TPSA) is 8.72 Å². The number of rotatable bonds is 0. The van der Waals surface area contributed by atoms with Crippen molar-refractivity contribution in [2.75, 3.05) is 0 Å². The molecule has 0 aliphatic heterocycles. The van der Waals surface area contributed by atoms with Gasteiger partial charge in [0.15, 0.2) is 11.4 Å². The first-order chi connectivity index (χ1) is 9.47. The van der Waals surface area contributed by atoms with Crippen LogP contribution in [0.3, 0.4) is 0 Å². The quantitative estimate of drug-likeness (QED) is 0.429. The molecule has 0 bridgehead atoms. The van der Waals surface area contributed by atoms with Crippen molar-refractivity contribution < 1.29 is 0 Å². The van der Waals surface area contributed by atoms with E-state index < -0.39 is 0 Å². The van der Waals surface area contributed by atoms with Crippen LogP contribution in [0.25, 0.3) is 9.69 Å². The van der Waals surface area contributed by atoms with Crippen LogP contribution in [0.5, 0.6) is 0 Å². The highest BCUT2D eigenvalue weighted by atomic mass is 35.5. The van der Waals surface area contributed by atoms with Crippen LogP contribution in [-0.4, -0.2) is 0 Å². The standard InChI is InChI=1S/2C8H6ClN.2ClH/c2*1-6-5-7(9)3-4-8(6)10-2;;/h2*3-5H,1H3;2*1H. The van der Waals surface area contributed by atoms with Gasteiger partial charge in [-0.25, -0.2) is 9.69 Å². The Morgan fingerprint density at radius 2 is 1.05 bits per heavy atom. The molecule has 0 fully saturated rings. The van der Waals surface area contributed by atoms with Crippen LogP contribution in [0.4, 0.5) is 11.4 Å².